The summed E-state index contributed by atoms with van der Waals surface area (Å²) >= 11 is 0. The van der Waals surface area contributed by atoms with E-state index in [0.29, 0.717) is 36.1 Å². The van der Waals surface area contributed by atoms with Gasteiger partial charge in [-0.05, 0) is 38.2 Å². The summed E-state index contributed by atoms with van der Waals surface area (Å²) in [6.07, 6.45) is 3.89. The quantitative estimate of drug-likeness (QED) is 0.851. The van der Waals surface area contributed by atoms with Gasteiger partial charge in [0, 0.05) is 12.6 Å². The molecule has 1 saturated heterocycles. The van der Waals surface area contributed by atoms with Crippen molar-refractivity contribution in [2.75, 3.05) is 6.61 Å². The van der Waals surface area contributed by atoms with Crippen LogP contribution in [0, 0.1) is 12.8 Å². The van der Waals surface area contributed by atoms with E-state index in [9.17, 15) is 4.79 Å². The van der Waals surface area contributed by atoms with Gasteiger partial charge in [0.05, 0.1) is 12.6 Å². The number of carbonyl (C=O) groups is 1. The van der Waals surface area contributed by atoms with Crippen LogP contribution in [0.5, 0.6) is 0 Å². The zero-order valence-electron chi connectivity index (χ0n) is 11.0. The molecule has 2 N–H and O–H groups in total. The molecule has 104 valence electrons. The summed E-state index contributed by atoms with van der Waals surface area (Å²) in [5.41, 5.74) is 0.248. The van der Waals surface area contributed by atoms with Gasteiger partial charge in [0.15, 0.2) is 0 Å². The molecule has 5 nitrogen and oxygen atoms in total. The lowest BCUT2D eigenvalue weighted by atomic mass is 10.1. The van der Waals surface area contributed by atoms with E-state index < -0.39 is 5.97 Å². The van der Waals surface area contributed by atoms with Crippen LogP contribution in [-0.2, 0) is 11.3 Å². The lowest BCUT2D eigenvalue weighted by Gasteiger charge is -2.18. The van der Waals surface area contributed by atoms with E-state index in [0.717, 1.165) is 13.0 Å². The van der Waals surface area contributed by atoms with Crippen LogP contribution in [0.1, 0.15) is 41.1 Å². The van der Waals surface area contributed by atoms with Gasteiger partial charge in [-0.2, -0.15) is 0 Å². The van der Waals surface area contributed by atoms with Crippen molar-refractivity contribution in [3.63, 3.8) is 0 Å². The second-order valence-electron chi connectivity index (χ2n) is 5.44. The van der Waals surface area contributed by atoms with Gasteiger partial charge < -0.3 is 19.6 Å². The van der Waals surface area contributed by atoms with Crippen LogP contribution >= 0.6 is 0 Å². The van der Waals surface area contributed by atoms with E-state index in [4.69, 9.17) is 14.3 Å². The highest BCUT2D eigenvalue weighted by Gasteiger charge is 2.40. The Balaban J connectivity index is 1.59. The second kappa shape index (κ2) is 4.98. The third-order valence-electron chi connectivity index (χ3n) is 3.96. The third kappa shape index (κ3) is 2.67. The molecule has 2 aliphatic rings. The Labute approximate surface area is 111 Å². The largest absolute Gasteiger partial charge is 0.478 e. The topological polar surface area (TPSA) is 71.7 Å². The van der Waals surface area contributed by atoms with Crippen molar-refractivity contribution < 1.29 is 19.1 Å². The first-order valence-corrected chi connectivity index (χ1v) is 6.82. The van der Waals surface area contributed by atoms with Gasteiger partial charge in [-0.15, -0.1) is 0 Å². The Morgan fingerprint density at radius 3 is 2.89 bits per heavy atom. The second-order valence-corrected chi connectivity index (χ2v) is 5.44. The Hall–Kier alpha value is -1.33. The molecule has 0 amide bonds. The molecule has 5 heteroatoms. The molecular formula is C14H19NO4. The van der Waals surface area contributed by atoms with Crippen molar-refractivity contribution in [3.05, 3.63) is 23.2 Å². The van der Waals surface area contributed by atoms with Crippen molar-refractivity contribution in [1.29, 1.82) is 0 Å². The maximum atomic E-state index is 10.9. The summed E-state index contributed by atoms with van der Waals surface area (Å²) in [6, 6.07) is 1.97. The minimum absolute atomic E-state index is 0.248. The summed E-state index contributed by atoms with van der Waals surface area (Å²) in [5, 5.41) is 12.4. The van der Waals surface area contributed by atoms with Crippen LogP contribution in [0.2, 0.25) is 0 Å². The highest BCUT2D eigenvalue weighted by atomic mass is 16.5. The number of rotatable bonds is 5. The molecule has 1 aliphatic carbocycles. The molecule has 2 atom stereocenters. The average Bonchev–Trinajstić information content (AvgIpc) is 2.98. The maximum absolute atomic E-state index is 10.9. The fourth-order valence-electron chi connectivity index (χ4n) is 2.79. The van der Waals surface area contributed by atoms with Gasteiger partial charge in [-0.25, -0.2) is 4.79 Å². The molecule has 19 heavy (non-hydrogen) atoms. The van der Waals surface area contributed by atoms with Crippen LogP contribution in [0.25, 0.3) is 0 Å². The van der Waals surface area contributed by atoms with Crippen molar-refractivity contribution in [2.45, 2.75) is 44.9 Å². The number of carboxylic acids is 1. The lowest BCUT2D eigenvalue weighted by Crippen LogP contribution is -2.37. The fraction of sp³-hybridized carbons (Fsp3) is 0.643. The molecule has 0 aromatic carbocycles. The zero-order valence-corrected chi connectivity index (χ0v) is 11.0. The minimum atomic E-state index is -0.937. The molecule has 0 spiro atoms. The average molecular weight is 265 g/mol. The molecular weight excluding hydrogens is 246 g/mol. The molecule has 1 aromatic heterocycles. The third-order valence-corrected chi connectivity index (χ3v) is 3.96. The van der Waals surface area contributed by atoms with Crippen LogP contribution in [-0.4, -0.2) is 29.8 Å². The molecule has 0 radical (unpaired) electrons. The lowest BCUT2D eigenvalue weighted by molar-refractivity contribution is 0.0695. The SMILES string of the molecule is Cc1oc(CNC2CCOC2C2CC2)cc1C(=O)O. The molecule has 3 rings (SSSR count). The normalized spacial score (nSPS) is 26.8. The zero-order chi connectivity index (χ0) is 13.4. The van der Waals surface area contributed by atoms with Crippen molar-refractivity contribution >= 4 is 5.97 Å². The fourth-order valence-corrected chi connectivity index (χ4v) is 2.79. The summed E-state index contributed by atoms with van der Waals surface area (Å²) in [5.74, 6) is 0.919. The molecule has 1 aromatic rings. The van der Waals surface area contributed by atoms with Crippen molar-refractivity contribution in [3.8, 4) is 0 Å². The van der Waals surface area contributed by atoms with Gasteiger partial charge >= 0.3 is 5.97 Å². The first-order chi connectivity index (χ1) is 9.15. The van der Waals surface area contributed by atoms with Crippen LogP contribution < -0.4 is 5.32 Å². The van der Waals surface area contributed by atoms with Gasteiger partial charge in [-0.3, -0.25) is 0 Å². The van der Waals surface area contributed by atoms with E-state index in [1.54, 1.807) is 13.0 Å². The first kappa shape index (κ1) is 12.7. The van der Waals surface area contributed by atoms with E-state index in [1.165, 1.54) is 12.8 Å². The minimum Gasteiger partial charge on any atom is -0.478 e. The predicted molar refractivity (Wildman–Crippen MR) is 68.1 cm³/mol. The molecule has 1 saturated carbocycles. The van der Waals surface area contributed by atoms with E-state index in [-0.39, 0.29) is 5.56 Å². The number of nitrogens with one attached hydrogen (secondary N) is 1. The number of ether oxygens (including phenoxy) is 1. The Bertz CT molecular complexity index is 478. The molecule has 2 fully saturated rings. The summed E-state index contributed by atoms with van der Waals surface area (Å²) in [4.78, 5) is 10.9. The van der Waals surface area contributed by atoms with Crippen molar-refractivity contribution in [2.24, 2.45) is 5.92 Å². The van der Waals surface area contributed by atoms with Gasteiger partial charge in [0.25, 0.3) is 0 Å². The number of carboxylic acid groups (broad SMARTS) is 1. The molecule has 1 aliphatic heterocycles. The van der Waals surface area contributed by atoms with Gasteiger partial charge in [0.1, 0.15) is 17.1 Å². The Morgan fingerprint density at radius 2 is 2.26 bits per heavy atom. The smallest absolute Gasteiger partial charge is 0.339 e. The Morgan fingerprint density at radius 1 is 1.47 bits per heavy atom. The number of furan rings is 1. The Kier molecular flexibility index (Phi) is 3.33. The van der Waals surface area contributed by atoms with E-state index >= 15 is 0 Å². The standard InChI is InChI=1S/C14H19NO4/c1-8-11(14(16)17)6-10(19-8)7-15-12-4-5-18-13(12)9-2-3-9/h6,9,12-13,15H,2-5,7H2,1H3,(H,16,17). The first-order valence-electron chi connectivity index (χ1n) is 6.82. The number of hydrogen-bond donors (Lipinski definition) is 2. The monoisotopic (exact) mass is 265 g/mol. The number of aryl methyl sites for hydroxylation is 1. The van der Waals surface area contributed by atoms with Gasteiger partial charge in [0.2, 0.25) is 0 Å². The van der Waals surface area contributed by atoms with E-state index in [2.05, 4.69) is 5.32 Å². The molecule has 2 unspecified atom stereocenters. The number of aromatic carboxylic acids is 1. The highest BCUT2D eigenvalue weighted by molar-refractivity contribution is 5.88. The van der Waals surface area contributed by atoms with E-state index in [1.807, 2.05) is 0 Å². The van der Waals surface area contributed by atoms with Crippen LogP contribution in [0.3, 0.4) is 0 Å². The molecule has 2 heterocycles. The van der Waals surface area contributed by atoms with Crippen LogP contribution in [0.4, 0.5) is 0 Å². The number of hydrogen-bond acceptors (Lipinski definition) is 4. The summed E-state index contributed by atoms with van der Waals surface area (Å²) in [7, 11) is 0. The molecule has 0 bridgehead atoms. The summed E-state index contributed by atoms with van der Waals surface area (Å²) in [6.45, 7) is 3.06. The summed E-state index contributed by atoms with van der Waals surface area (Å²) < 4.78 is 11.2. The predicted octanol–water partition coefficient (Wildman–Crippen LogP) is 1.94. The van der Waals surface area contributed by atoms with Gasteiger partial charge in [-0.1, -0.05) is 0 Å². The highest BCUT2D eigenvalue weighted by Crippen LogP contribution is 2.38. The maximum Gasteiger partial charge on any atom is 0.339 e. The van der Waals surface area contributed by atoms with Crippen LogP contribution in [0.15, 0.2) is 10.5 Å². The van der Waals surface area contributed by atoms with Crippen molar-refractivity contribution in [1.82, 2.24) is 5.32 Å².